The molecule has 0 aliphatic heterocycles. The first kappa shape index (κ1) is 11.3. The molecule has 1 aromatic carbocycles. The monoisotopic (exact) mass is 209 g/mol. The van der Waals surface area contributed by atoms with E-state index in [0.717, 1.165) is 5.69 Å². The van der Waals surface area contributed by atoms with Crippen LogP contribution in [0.25, 0.3) is 0 Å². The molecule has 0 radical (unpaired) electrons. The quantitative estimate of drug-likeness (QED) is 0.571. The average molecular weight is 209 g/mol. The highest BCUT2D eigenvalue weighted by atomic mass is 16.5. The van der Waals surface area contributed by atoms with Crippen LogP contribution in [0, 0.1) is 0 Å². The number of anilines is 1. The Labute approximate surface area is 89.2 Å². The molecule has 1 aromatic rings. The molecule has 82 valence electrons. The van der Waals surface area contributed by atoms with Crippen molar-refractivity contribution >= 4 is 12.1 Å². The van der Waals surface area contributed by atoms with Crippen LogP contribution in [0.3, 0.4) is 0 Å². The first-order valence-corrected chi connectivity index (χ1v) is 4.51. The summed E-state index contributed by atoms with van der Waals surface area (Å²) in [4.78, 5) is 10.5. The SMILES string of the molecule is COc1ccccc1N(NC=O)N(C)C. The molecule has 0 atom stereocenters. The van der Waals surface area contributed by atoms with Crippen molar-refractivity contribution in [2.75, 3.05) is 26.3 Å². The maximum atomic E-state index is 10.5. The largest absolute Gasteiger partial charge is 0.494 e. The first-order valence-electron chi connectivity index (χ1n) is 4.51. The Morgan fingerprint density at radius 3 is 2.53 bits per heavy atom. The first-order chi connectivity index (χ1) is 7.20. The van der Waals surface area contributed by atoms with E-state index >= 15 is 0 Å². The summed E-state index contributed by atoms with van der Waals surface area (Å²) in [6, 6.07) is 7.44. The van der Waals surface area contributed by atoms with Crippen LogP contribution in [0.4, 0.5) is 5.69 Å². The van der Waals surface area contributed by atoms with Gasteiger partial charge in [0.1, 0.15) is 11.4 Å². The molecule has 0 fully saturated rings. The number of benzene rings is 1. The van der Waals surface area contributed by atoms with Gasteiger partial charge in [-0.2, -0.15) is 0 Å². The van der Waals surface area contributed by atoms with E-state index < -0.39 is 0 Å². The lowest BCUT2D eigenvalue weighted by Gasteiger charge is -2.30. The summed E-state index contributed by atoms with van der Waals surface area (Å²) in [5, 5.41) is 3.33. The number of rotatable bonds is 5. The van der Waals surface area contributed by atoms with Crippen LogP contribution in [0.2, 0.25) is 0 Å². The number of hydrogen-bond acceptors (Lipinski definition) is 4. The number of hydrazine groups is 2. The summed E-state index contributed by atoms with van der Waals surface area (Å²) >= 11 is 0. The average Bonchev–Trinajstić information content (AvgIpc) is 2.25. The minimum absolute atomic E-state index is 0.617. The molecule has 0 saturated heterocycles. The zero-order chi connectivity index (χ0) is 11.3. The molecule has 0 saturated carbocycles. The van der Waals surface area contributed by atoms with E-state index in [1.165, 1.54) is 0 Å². The standard InChI is InChI=1S/C10H15N3O2/c1-12(2)13(11-8-14)9-6-4-5-7-10(9)15-3/h4-8H,1-3H3,(H,11,14). The number of ether oxygens (including phenoxy) is 1. The fraction of sp³-hybridized carbons (Fsp3) is 0.300. The highest BCUT2D eigenvalue weighted by molar-refractivity contribution is 5.61. The van der Waals surface area contributed by atoms with Gasteiger partial charge in [-0.1, -0.05) is 12.1 Å². The Balaban J connectivity index is 3.03. The van der Waals surface area contributed by atoms with Gasteiger partial charge in [-0.05, 0) is 12.1 Å². The van der Waals surface area contributed by atoms with Crippen LogP contribution in [0.15, 0.2) is 24.3 Å². The van der Waals surface area contributed by atoms with Gasteiger partial charge in [0.15, 0.2) is 0 Å². The molecule has 1 rings (SSSR count). The highest BCUT2D eigenvalue weighted by Crippen LogP contribution is 2.26. The second-order valence-electron chi connectivity index (χ2n) is 3.08. The number of nitrogens with zero attached hydrogens (tertiary/aromatic N) is 2. The Bertz CT molecular complexity index is 328. The van der Waals surface area contributed by atoms with Crippen molar-refractivity contribution < 1.29 is 9.53 Å². The third-order valence-corrected chi connectivity index (χ3v) is 1.89. The Kier molecular flexibility index (Phi) is 3.93. The number of hydrogen-bond donors (Lipinski definition) is 1. The summed E-state index contributed by atoms with van der Waals surface area (Å²) in [7, 11) is 5.24. The third-order valence-electron chi connectivity index (χ3n) is 1.89. The molecule has 0 aromatic heterocycles. The Morgan fingerprint density at radius 2 is 2.00 bits per heavy atom. The highest BCUT2D eigenvalue weighted by Gasteiger charge is 2.12. The van der Waals surface area contributed by atoms with Gasteiger partial charge >= 0.3 is 0 Å². The molecule has 0 heterocycles. The molecule has 0 aliphatic carbocycles. The lowest BCUT2D eigenvalue weighted by atomic mass is 10.3. The van der Waals surface area contributed by atoms with E-state index in [4.69, 9.17) is 4.74 Å². The van der Waals surface area contributed by atoms with Crippen molar-refractivity contribution in [1.82, 2.24) is 10.4 Å². The topological polar surface area (TPSA) is 44.8 Å². The smallest absolute Gasteiger partial charge is 0.226 e. The van der Waals surface area contributed by atoms with Crippen LogP contribution in [0.1, 0.15) is 0 Å². The van der Waals surface area contributed by atoms with Gasteiger partial charge in [0.05, 0.1) is 7.11 Å². The molecule has 5 heteroatoms. The second kappa shape index (κ2) is 5.21. The van der Waals surface area contributed by atoms with Crippen LogP contribution < -0.4 is 15.3 Å². The minimum Gasteiger partial charge on any atom is -0.494 e. The van der Waals surface area contributed by atoms with Crippen molar-refractivity contribution in [2.24, 2.45) is 0 Å². The summed E-state index contributed by atoms with van der Waals surface area (Å²) in [6.07, 6.45) is 0.617. The molecule has 5 nitrogen and oxygen atoms in total. The second-order valence-corrected chi connectivity index (χ2v) is 3.08. The molecule has 15 heavy (non-hydrogen) atoms. The van der Waals surface area contributed by atoms with Gasteiger partial charge in [-0.25, -0.2) is 10.1 Å². The molecule has 0 unspecified atom stereocenters. The van der Waals surface area contributed by atoms with E-state index in [2.05, 4.69) is 5.43 Å². The zero-order valence-electron chi connectivity index (χ0n) is 9.10. The molecular weight excluding hydrogens is 194 g/mol. The Morgan fingerprint density at radius 1 is 1.33 bits per heavy atom. The van der Waals surface area contributed by atoms with Crippen molar-refractivity contribution in [3.8, 4) is 5.75 Å². The molecule has 0 bridgehead atoms. The number of para-hydroxylation sites is 2. The van der Waals surface area contributed by atoms with Crippen LogP contribution in [-0.4, -0.2) is 32.6 Å². The normalized spacial score (nSPS) is 9.87. The maximum Gasteiger partial charge on any atom is 0.226 e. The van der Waals surface area contributed by atoms with Crippen molar-refractivity contribution in [2.45, 2.75) is 0 Å². The molecular formula is C10H15N3O2. The minimum atomic E-state index is 0.617. The zero-order valence-corrected chi connectivity index (χ0v) is 9.10. The fourth-order valence-electron chi connectivity index (χ4n) is 1.26. The van der Waals surface area contributed by atoms with Gasteiger partial charge < -0.3 is 4.74 Å². The predicted molar refractivity (Wildman–Crippen MR) is 58.4 cm³/mol. The lowest BCUT2D eigenvalue weighted by molar-refractivity contribution is -0.110. The number of carbonyl (C=O) groups excluding carboxylic acids is 1. The third kappa shape index (κ3) is 2.60. The van der Waals surface area contributed by atoms with Gasteiger partial charge in [-0.3, -0.25) is 10.2 Å². The summed E-state index contributed by atoms with van der Waals surface area (Å²) in [5.74, 6) is 0.695. The number of carbonyl (C=O) groups is 1. The molecule has 1 N–H and O–H groups in total. The van der Waals surface area contributed by atoms with Crippen LogP contribution in [-0.2, 0) is 4.79 Å². The number of nitrogens with one attached hydrogen (secondary N) is 1. The molecule has 0 aliphatic rings. The Hall–Kier alpha value is -1.75. The predicted octanol–water partition coefficient (Wildman–Crippen LogP) is 0.639. The molecule has 0 spiro atoms. The van der Waals surface area contributed by atoms with E-state index in [1.54, 1.807) is 17.2 Å². The van der Waals surface area contributed by atoms with Gasteiger partial charge in [-0.15, -0.1) is 0 Å². The van der Waals surface area contributed by atoms with Gasteiger partial charge in [0.25, 0.3) is 0 Å². The summed E-state index contributed by atoms with van der Waals surface area (Å²) < 4.78 is 5.20. The summed E-state index contributed by atoms with van der Waals surface area (Å²) in [5.41, 5.74) is 3.35. The van der Waals surface area contributed by atoms with Gasteiger partial charge in [0, 0.05) is 14.1 Å². The number of methoxy groups -OCH3 is 1. The van der Waals surface area contributed by atoms with Crippen molar-refractivity contribution in [3.63, 3.8) is 0 Å². The lowest BCUT2D eigenvalue weighted by Crippen LogP contribution is -2.47. The maximum absolute atomic E-state index is 10.5. The van der Waals surface area contributed by atoms with Crippen LogP contribution in [0.5, 0.6) is 5.75 Å². The van der Waals surface area contributed by atoms with E-state index in [0.29, 0.717) is 12.2 Å². The van der Waals surface area contributed by atoms with Crippen molar-refractivity contribution in [3.05, 3.63) is 24.3 Å². The van der Waals surface area contributed by atoms with Crippen molar-refractivity contribution in [1.29, 1.82) is 0 Å². The van der Waals surface area contributed by atoms with E-state index in [1.807, 2.05) is 38.4 Å². The summed E-state index contributed by atoms with van der Waals surface area (Å²) in [6.45, 7) is 0. The van der Waals surface area contributed by atoms with Crippen LogP contribution >= 0.6 is 0 Å². The fourth-order valence-corrected chi connectivity index (χ4v) is 1.26. The van der Waals surface area contributed by atoms with E-state index in [-0.39, 0.29) is 0 Å². The van der Waals surface area contributed by atoms with Gasteiger partial charge in [0.2, 0.25) is 6.41 Å². The number of amides is 1. The van der Waals surface area contributed by atoms with E-state index in [9.17, 15) is 4.79 Å². The molecule has 1 amide bonds.